The van der Waals surface area contributed by atoms with Crippen LogP contribution in [0.4, 0.5) is 0 Å². The number of hydrogen-bond donors (Lipinski definition) is 1. The van der Waals surface area contributed by atoms with Crippen LogP contribution in [0.5, 0.6) is 0 Å². The third-order valence-corrected chi connectivity index (χ3v) is 2.42. The zero-order valence-corrected chi connectivity index (χ0v) is 11.0. The normalized spacial score (nSPS) is 10.4. The molecule has 0 aliphatic rings. The number of tetrazole rings is 1. The number of hydrogen-bond acceptors (Lipinski definition) is 5. The molecule has 1 heterocycles. The zero-order valence-electron chi connectivity index (χ0n) is 10.2. The number of halogens is 1. The minimum Gasteiger partial charge on any atom is -0.274 e. The van der Waals surface area contributed by atoms with Gasteiger partial charge in [0.05, 0.1) is 6.61 Å². The van der Waals surface area contributed by atoms with E-state index in [1.54, 1.807) is 31.2 Å². The summed E-state index contributed by atoms with van der Waals surface area (Å²) in [5.74, 6) is 0.0859. The van der Waals surface area contributed by atoms with Crippen molar-refractivity contribution >= 4 is 17.5 Å². The number of aromatic nitrogens is 4. The Morgan fingerprint density at radius 1 is 1.42 bits per heavy atom. The predicted octanol–water partition coefficient (Wildman–Crippen LogP) is 1.06. The molecule has 8 heteroatoms. The average molecular weight is 282 g/mol. The maximum Gasteiger partial charge on any atom is 0.267 e. The first-order valence-corrected chi connectivity index (χ1v) is 6.01. The molecule has 100 valence electrons. The van der Waals surface area contributed by atoms with E-state index in [0.29, 0.717) is 17.5 Å². The zero-order chi connectivity index (χ0) is 13.7. The first-order valence-electron chi connectivity index (χ1n) is 5.63. The van der Waals surface area contributed by atoms with Crippen molar-refractivity contribution in [2.45, 2.75) is 13.5 Å². The van der Waals surface area contributed by atoms with E-state index in [-0.39, 0.29) is 12.5 Å². The van der Waals surface area contributed by atoms with Crippen LogP contribution < -0.4 is 5.48 Å². The van der Waals surface area contributed by atoms with Gasteiger partial charge in [0, 0.05) is 10.6 Å². The van der Waals surface area contributed by atoms with Crippen molar-refractivity contribution in [3.63, 3.8) is 0 Å². The molecule has 0 unspecified atom stereocenters. The SMILES string of the molecule is CCONC(=O)Cn1nnc(-c2ccc(Cl)cc2)n1. The van der Waals surface area contributed by atoms with E-state index in [0.717, 1.165) is 5.56 Å². The van der Waals surface area contributed by atoms with E-state index in [2.05, 4.69) is 20.9 Å². The van der Waals surface area contributed by atoms with Gasteiger partial charge >= 0.3 is 0 Å². The monoisotopic (exact) mass is 281 g/mol. The lowest BCUT2D eigenvalue weighted by Crippen LogP contribution is -2.28. The van der Waals surface area contributed by atoms with Gasteiger partial charge in [-0.2, -0.15) is 4.80 Å². The lowest BCUT2D eigenvalue weighted by atomic mass is 10.2. The van der Waals surface area contributed by atoms with Crippen molar-refractivity contribution < 1.29 is 9.63 Å². The summed E-state index contributed by atoms with van der Waals surface area (Å²) in [5, 5.41) is 12.4. The summed E-state index contributed by atoms with van der Waals surface area (Å²) >= 11 is 5.79. The first-order chi connectivity index (χ1) is 9.19. The summed E-state index contributed by atoms with van der Waals surface area (Å²) in [7, 11) is 0. The lowest BCUT2D eigenvalue weighted by molar-refractivity contribution is -0.134. The molecule has 7 nitrogen and oxygen atoms in total. The maximum absolute atomic E-state index is 11.4. The predicted molar refractivity (Wildman–Crippen MR) is 68.0 cm³/mol. The molecule has 2 aromatic rings. The summed E-state index contributed by atoms with van der Waals surface area (Å²) in [5.41, 5.74) is 3.03. The lowest BCUT2D eigenvalue weighted by Gasteiger charge is -2.01. The second-order valence-corrected chi connectivity index (χ2v) is 4.05. The fourth-order valence-electron chi connectivity index (χ4n) is 1.34. The van der Waals surface area contributed by atoms with E-state index in [9.17, 15) is 4.79 Å². The van der Waals surface area contributed by atoms with Crippen LogP contribution in [0, 0.1) is 0 Å². The summed E-state index contributed by atoms with van der Waals surface area (Å²) in [6, 6.07) is 7.03. The molecule has 0 spiro atoms. The van der Waals surface area contributed by atoms with E-state index in [4.69, 9.17) is 16.4 Å². The van der Waals surface area contributed by atoms with Gasteiger partial charge in [0.15, 0.2) is 0 Å². The number of hydroxylamine groups is 1. The second kappa shape index (κ2) is 6.26. The summed E-state index contributed by atoms with van der Waals surface area (Å²) in [4.78, 5) is 17.3. The third kappa shape index (κ3) is 3.73. The minimum absolute atomic E-state index is 0.0550. The summed E-state index contributed by atoms with van der Waals surface area (Å²) < 4.78 is 0. The summed E-state index contributed by atoms with van der Waals surface area (Å²) in [6.07, 6.45) is 0. The van der Waals surface area contributed by atoms with E-state index >= 15 is 0 Å². The molecule has 2 rings (SSSR count). The molecule has 0 radical (unpaired) electrons. The Morgan fingerprint density at radius 2 is 2.16 bits per heavy atom. The highest BCUT2D eigenvalue weighted by molar-refractivity contribution is 6.30. The van der Waals surface area contributed by atoms with Crippen molar-refractivity contribution in [2.24, 2.45) is 0 Å². The average Bonchev–Trinajstić information content (AvgIpc) is 2.85. The number of rotatable bonds is 5. The molecule has 0 aliphatic carbocycles. The van der Waals surface area contributed by atoms with Crippen LogP contribution in [0.1, 0.15) is 6.92 Å². The van der Waals surface area contributed by atoms with E-state index < -0.39 is 0 Å². The van der Waals surface area contributed by atoms with Crippen LogP contribution in [0.2, 0.25) is 5.02 Å². The molecular weight excluding hydrogens is 270 g/mol. The van der Waals surface area contributed by atoms with Crippen LogP contribution in [0.3, 0.4) is 0 Å². The number of nitrogens with zero attached hydrogens (tertiary/aromatic N) is 4. The molecule has 1 amide bonds. The number of carbonyl (C=O) groups excluding carboxylic acids is 1. The topological polar surface area (TPSA) is 81.9 Å². The van der Waals surface area contributed by atoms with Crippen LogP contribution in [-0.2, 0) is 16.2 Å². The highest BCUT2D eigenvalue weighted by Crippen LogP contribution is 2.16. The van der Waals surface area contributed by atoms with E-state index in [1.165, 1.54) is 4.80 Å². The maximum atomic E-state index is 11.4. The molecule has 1 N–H and O–H groups in total. The van der Waals surface area contributed by atoms with E-state index in [1.807, 2.05) is 0 Å². The Balaban J connectivity index is 2.02. The van der Waals surface area contributed by atoms with Gasteiger partial charge in [-0.05, 0) is 36.4 Å². The Labute approximate surface area is 114 Å². The highest BCUT2D eigenvalue weighted by atomic mass is 35.5. The molecule has 0 saturated carbocycles. The molecule has 0 bridgehead atoms. The molecule has 0 saturated heterocycles. The highest BCUT2D eigenvalue weighted by Gasteiger charge is 2.09. The third-order valence-electron chi connectivity index (χ3n) is 2.17. The van der Waals surface area contributed by atoms with Gasteiger partial charge < -0.3 is 0 Å². The second-order valence-electron chi connectivity index (χ2n) is 3.61. The van der Waals surface area contributed by atoms with Crippen LogP contribution in [-0.4, -0.2) is 32.7 Å². The number of nitrogens with one attached hydrogen (secondary N) is 1. The first kappa shape index (κ1) is 13.4. The molecule has 1 aromatic carbocycles. The van der Waals surface area contributed by atoms with Crippen molar-refractivity contribution in [2.75, 3.05) is 6.61 Å². The van der Waals surface area contributed by atoms with Gasteiger partial charge in [-0.3, -0.25) is 9.63 Å². The van der Waals surface area contributed by atoms with Gasteiger partial charge in [0.2, 0.25) is 5.82 Å². The van der Waals surface area contributed by atoms with Gasteiger partial charge in [-0.1, -0.05) is 11.6 Å². The minimum atomic E-state index is -0.345. The molecule has 1 aromatic heterocycles. The van der Waals surface area contributed by atoms with Crippen molar-refractivity contribution in [1.82, 2.24) is 25.7 Å². The molecule has 19 heavy (non-hydrogen) atoms. The van der Waals surface area contributed by atoms with Crippen LogP contribution in [0.25, 0.3) is 11.4 Å². The van der Waals surface area contributed by atoms with Crippen molar-refractivity contribution in [1.29, 1.82) is 0 Å². The van der Waals surface area contributed by atoms with Crippen molar-refractivity contribution in [3.05, 3.63) is 29.3 Å². The van der Waals surface area contributed by atoms with Crippen molar-refractivity contribution in [3.8, 4) is 11.4 Å². The number of carbonyl (C=O) groups is 1. The largest absolute Gasteiger partial charge is 0.274 e. The molecule has 0 aliphatic heterocycles. The molecule has 0 fully saturated rings. The van der Waals surface area contributed by atoms with Crippen LogP contribution >= 0.6 is 11.6 Å². The Morgan fingerprint density at radius 3 is 2.84 bits per heavy atom. The molecule has 0 atom stereocenters. The quantitative estimate of drug-likeness (QED) is 0.829. The smallest absolute Gasteiger partial charge is 0.267 e. The fraction of sp³-hybridized carbons (Fsp3) is 0.273. The fourth-order valence-corrected chi connectivity index (χ4v) is 1.46. The standard InChI is InChI=1S/C11H12ClN5O2/c1-2-19-15-10(18)7-17-14-11(13-16-17)8-3-5-9(12)6-4-8/h3-6H,2,7H2,1H3,(H,15,18). The van der Waals surface area contributed by atoms with Gasteiger partial charge in [-0.25, -0.2) is 5.48 Å². The van der Waals surface area contributed by atoms with Gasteiger partial charge in [0.25, 0.3) is 5.91 Å². The van der Waals surface area contributed by atoms with Gasteiger partial charge in [0.1, 0.15) is 6.54 Å². The number of amides is 1. The Bertz CT molecular complexity index is 554. The Kier molecular flexibility index (Phi) is 4.43. The van der Waals surface area contributed by atoms with Gasteiger partial charge in [-0.15, -0.1) is 10.2 Å². The number of benzene rings is 1. The Hall–Kier alpha value is -1.99. The summed E-state index contributed by atoms with van der Waals surface area (Å²) in [6.45, 7) is 2.11. The van der Waals surface area contributed by atoms with Crippen LogP contribution in [0.15, 0.2) is 24.3 Å². The molecular formula is C11H12ClN5O2.